The average Bonchev–Trinajstić information content (AvgIpc) is 3.02. The van der Waals surface area contributed by atoms with E-state index in [0.717, 1.165) is 11.3 Å². The molecular weight excluding hydrogens is 276 g/mol. The standard InChI is InChI=1S/C14H15ClN4O/c1-10(2)19-9-11(8-16-19)20-14-12(7-15)18-6-4-3-5-13(18)17-14/h3-6,8-10H,7H2,1-2H3. The van der Waals surface area contributed by atoms with Crippen molar-refractivity contribution in [2.75, 3.05) is 0 Å². The molecule has 0 aliphatic rings. The molecular formula is C14H15ClN4O. The van der Waals surface area contributed by atoms with E-state index in [1.165, 1.54) is 0 Å². The van der Waals surface area contributed by atoms with Gasteiger partial charge in [-0.2, -0.15) is 10.1 Å². The number of ether oxygens (including phenoxy) is 1. The largest absolute Gasteiger partial charge is 0.434 e. The molecule has 0 aromatic carbocycles. The molecule has 0 bridgehead atoms. The lowest BCUT2D eigenvalue weighted by molar-refractivity contribution is 0.457. The summed E-state index contributed by atoms with van der Waals surface area (Å²) in [5, 5.41) is 4.25. The van der Waals surface area contributed by atoms with Crippen molar-refractivity contribution in [1.29, 1.82) is 0 Å². The Hall–Kier alpha value is -2.01. The Balaban J connectivity index is 1.97. The normalized spacial score (nSPS) is 11.4. The molecule has 104 valence electrons. The zero-order valence-electron chi connectivity index (χ0n) is 11.3. The number of alkyl halides is 1. The number of hydrogen-bond donors (Lipinski definition) is 0. The number of imidazole rings is 1. The molecule has 0 fully saturated rings. The van der Waals surface area contributed by atoms with Gasteiger partial charge in [0.2, 0.25) is 5.88 Å². The lowest BCUT2D eigenvalue weighted by Gasteiger charge is -2.03. The number of pyridine rings is 1. The van der Waals surface area contributed by atoms with Crippen LogP contribution >= 0.6 is 11.6 Å². The van der Waals surface area contributed by atoms with E-state index in [9.17, 15) is 0 Å². The molecule has 0 amide bonds. The van der Waals surface area contributed by atoms with Gasteiger partial charge in [0.05, 0.1) is 18.3 Å². The number of fused-ring (bicyclic) bond motifs is 1. The number of nitrogens with zero attached hydrogens (tertiary/aromatic N) is 4. The quantitative estimate of drug-likeness (QED) is 0.689. The molecule has 3 aromatic rings. The van der Waals surface area contributed by atoms with Gasteiger partial charge < -0.3 is 4.74 Å². The first-order chi connectivity index (χ1) is 9.69. The second-order valence-corrected chi connectivity index (χ2v) is 5.05. The molecule has 0 N–H and O–H groups in total. The molecule has 0 radical (unpaired) electrons. The van der Waals surface area contributed by atoms with Crippen molar-refractivity contribution in [1.82, 2.24) is 19.2 Å². The summed E-state index contributed by atoms with van der Waals surface area (Å²) >= 11 is 6.01. The summed E-state index contributed by atoms with van der Waals surface area (Å²) in [6.07, 6.45) is 5.46. The minimum Gasteiger partial charge on any atom is -0.434 e. The van der Waals surface area contributed by atoms with Crippen LogP contribution < -0.4 is 4.74 Å². The number of aromatic nitrogens is 4. The Morgan fingerprint density at radius 3 is 2.90 bits per heavy atom. The second kappa shape index (κ2) is 5.17. The van der Waals surface area contributed by atoms with Crippen LogP contribution in [-0.2, 0) is 5.88 Å². The topological polar surface area (TPSA) is 44.4 Å². The van der Waals surface area contributed by atoms with Crippen LogP contribution in [0.3, 0.4) is 0 Å². The van der Waals surface area contributed by atoms with Crippen molar-refractivity contribution in [3.05, 3.63) is 42.5 Å². The SMILES string of the molecule is CC(C)n1cc(Oc2nc3ccccn3c2CCl)cn1. The van der Waals surface area contributed by atoms with E-state index in [1.807, 2.05) is 39.7 Å². The van der Waals surface area contributed by atoms with Crippen molar-refractivity contribution in [2.24, 2.45) is 0 Å². The molecule has 6 heteroatoms. The summed E-state index contributed by atoms with van der Waals surface area (Å²) in [7, 11) is 0. The van der Waals surface area contributed by atoms with Crippen LogP contribution in [0.5, 0.6) is 11.6 Å². The molecule has 0 unspecified atom stereocenters. The first kappa shape index (κ1) is 13.0. The third-order valence-corrected chi connectivity index (χ3v) is 3.29. The molecule has 3 heterocycles. The van der Waals surface area contributed by atoms with Crippen molar-refractivity contribution in [3.63, 3.8) is 0 Å². The number of hydrogen-bond acceptors (Lipinski definition) is 3. The summed E-state index contributed by atoms with van der Waals surface area (Å²) in [6.45, 7) is 4.12. The highest BCUT2D eigenvalue weighted by atomic mass is 35.5. The average molecular weight is 291 g/mol. The smallest absolute Gasteiger partial charge is 0.242 e. The van der Waals surface area contributed by atoms with E-state index >= 15 is 0 Å². The van der Waals surface area contributed by atoms with Crippen LogP contribution in [0, 0.1) is 0 Å². The fourth-order valence-corrected chi connectivity index (χ4v) is 2.24. The maximum absolute atomic E-state index is 6.01. The monoisotopic (exact) mass is 290 g/mol. The Kier molecular flexibility index (Phi) is 3.36. The maximum atomic E-state index is 6.01. The van der Waals surface area contributed by atoms with Crippen LogP contribution in [0.4, 0.5) is 0 Å². The predicted octanol–water partition coefficient (Wildman–Crippen LogP) is 3.64. The van der Waals surface area contributed by atoms with Crippen LogP contribution in [0.15, 0.2) is 36.8 Å². The summed E-state index contributed by atoms with van der Waals surface area (Å²) in [5.41, 5.74) is 1.65. The van der Waals surface area contributed by atoms with Gasteiger partial charge in [0.1, 0.15) is 11.3 Å². The molecule has 0 aliphatic carbocycles. The van der Waals surface area contributed by atoms with Gasteiger partial charge in [0.25, 0.3) is 0 Å². The highest BCUT2D eigenvalue weighted by Gasteiger charge is 2.14. The van der Waals surface area contributed by atoms with Crippen molar-refractivity contribution in [2.45, 2.75) is 25.8 Å². The highest BCUT2D eigenvalue weighted by Crippen LogP contribution is 2.27. The third kappa shape index (κ3) is 2.25. The van der Waals surface area contributed by atoms with E-state index in [-0.39, 0.29) is 0 Å². The van der Waals surface area contributed by atoms with Gasteiger partial charge >= 0.3 is 0 Å². The van der Waals surface area contributed by atoms with Crippen molar-refractivity contribution < 1.29 is 4.74 Å². The van der Waals surface area contributed by atoms with Gasteiger partial charge in [-0.25, -0.2) is 0 Å². The minimum atomic E-state index is 0.293. The first-order valence-corrected chi connectivity index (χ1v) is 6.96. The van der Waals surface area contributed by atoms with Gasteiger partial charge in [-0.3, -0.25) is 9.08 Å². The fraction of sp³-hybridized carbons (Fsp3) is 0.286. The second-order valence-electron chi connectivity index (χ2n) is 4.78. The number of rotatable bonds is 4. The van der Waals surface area contributed by atoms with E-state index in [0.29, 0.717) is 23.6 Å². The summed E-state index contributed by atoms with van der Waals surface area (Å²) in [5.74, 6) is 1.52. The zero-order chi connectivity index (χ0) is 14.1. The Labute approximate surface area is 121 Å². The van der Waals surface area contributed by atoms with Crippen LogP contribution in [0.2, 0.25) is 0 Å². The van der Waals surface area contributed by atoms with Crippen LogP contribution in [0.25, 0.3) is 5.65 Å². The molecule has 20 heavy (non-hydrogen) atoms. The predicted molar refractivity (Wildman–Crippen MR) is 77.4 cm³/mol. The first-order valence-electron chi connectivity index (χ1n) is 6.43. The van der Waals surface area contributed by atoms with Gasteiger partial charge in [-0.15, -0.1) is 11.6 Å². The number of halogens is 1. The Morgan fingerprint density at radius 2 is 2.20 bits per heavy atom. The molecule has 0 spiro atoms. The Morgan fingerprint density at radius 1 is 1.35 bits per heavy atom. The lowest BCUT2D eigenvalue weighted by Crippen LogP contribution is -1.99. The van der Waals surface area contributed by atoms with E-state index in [4.69, 9.17) is 16.3 Å². The van der Waals surface area contributed by atoms with Crippen molar-refractivity contribution >= 4 is 17.2 Å². The van der Waals surface area contributed by atoms with Crippen LogP contribution in [-0.4, -0.2) is 19.2 Å². The fourth-order valence-electron chi connectivity index (χ4n) is 2.00. The molecule has 0 atom stereocenters. The molecule has 3 rings (SSSR count). The van der Waals surface area contributed by atoms with E-state index in [2.05, 4.69) is 23.9 Å². The van der Waals surface area contributed by atoms with E-state index < -0.39 is 0 Å². The molecule has 0 saturated carbocycles. The highest BCUT2D eigenvalue weighted by molar-refractivity contribution is 6.17. The molecule has 5 nitrogen and oxygen atoms in total. The van der Waals surface area contributed by atoms with E-state index in [1.54, 1.807) is 6.20 Å². The summed E-state index contributed by atoms with van der Waals surface area (Å²) < 4.78 is 9.58. The molecule has 0 aliphatic heterocycles. The molecule has 3 aromatic heterocycles. The molecule has 0 saturated heterocycles. The summed E-state index contributed by atoms with van der Waals surface area (Å²) in [6, 6.07) is 6.08. The van der Waals surface area contributed by atoms with Gasteiger partial charge in [-0.1, -0.05) is 6.07 Å². The lowest BCUT2D eigenvalue weighted by atomic mass is 10.4. The Bertz CT molecular complexity index is 732. The van der Waals surface area contributed by atoms with Gasteiger partial charge in [0, 0.05) is 12.2 Å². The summed E-state index contributed by atoms with van der Waals surface area (Å²) in [4.78, 5) is 4.45. The van der Waals surface area contributed by atoms with Gasteiger partial charge in [0.15, 0.2) is 5.75 Å². The van der Waals surface area contributed by atoms with Gasteiger partial charge in [-0.05, 0) is 26.0 Å². The van der Waals surface area contributed by atoms with Crippen molar-refractivity contribution in [3.8, 4) is 11.6 Å². The maximum Gasteiger partial charge on any atom is 0.242 e. The zero-order valence-corrected chi connectivity index (χ0v) is 12.1. The van der Waals surface area contributed by atoms with Crippen LogP contribution in [0.1, 0.15) is 25.6 Å². The third-order valence-electron chi connectivity index (χ3n) is 3.04. The minimum absolute atomic E-state index is 0.293.